The van der Waals surface area contributed by atoms with E-state index in [4.69, 9.17) is 9.47 Å². The molecule has 0 aliphatic heterocycles. The van der Waals surface area contributed by atoms with Gasteiger partial charge < -0.3 is 9.47 Å². The molecule has 0 N–H and O–H groups in total. The average molecular weight is 376 g/mol. The fourth-order valence-electron chi connectivity index (χ4n) is 5.04. The third kappa shape index (κ3) is 2.67. The SMILES string of the molecule is C=CC(=O)Oc1c2c(c(OC(=O)C=C)c3c(CC)cccc13)C1CC(C)C2C1. The van der Waals surface area contributed by atoms with Gasteiger partial charge in [0.15, 0.2) is 0 Å². The Morgan fingerprint density at radius 2 is 1.75 bits per heavy atom. The normalized spacial score (nSPS) is 22.0. The van der Waals surface area contributed by atoms with Crippen LogP contribution in [0.1, 0.15) is 55.2 Å². The lowest BCUT2D eigenvalue weighted by molar-refractivity contribution is -0.130. The molecule has 0 saturated heterocycles. The summed E-state index contributed by atoms with van der Waals surface area (Å²) in [5.74, 6) is 1.36. The molecule has 3 atom stereocenters. The van der Waals surface area contributed by atoms with Crippen LogP contribution < -0.4 is 9.47 Å². The number of rotatable bonds is 5. The predicted molar refractivity (Wildman–Crippen MR) is 109 cm³/mol. The molecule has 2 bridgehead atoms. The van der Waals surface area contributed by atoms with Crippen LogP contribution in [0.5, 0.6) is 11.5 Å². The van der Waals surface area contributed by atoms with Crippen molar-refractivity contribution in [3.05, 3.63) is 60.2 Å². The van der Waals surface area contributed by atoms with Gasteiger partial charge in [0.05, 0.1) is 0 Å². The van der Waals surface area contributed by atoms with Crippen molar-refractivity contribution < 1.29 is 19.1 Å². The third-order valence-corrected chi connectivity index (χ3v) is 6.18. The summed E-state index contributed by atoms with van der Waals surface area (Å²) in [5.41, 5.74) is 3.10. The maximum absolute atomic E-state index is 12.2. The van der Waals surface area contributed by atoms with Crippen LogP contribution in [-0.4, -0.2) is 11.9 Å². The first-order chi connectivity index (χ1) is 13.5. The molecule has 0 heterocycles. The predicted octanol–water partition coefficient (Wildman–Crippen LogP) is 5.20. The van der Waals surface area contributed by atoms with Crippen molar-refractivity contribution in [1.82, 2.24) is 0 Å². The van der Waals surface area contributed by atoms with Crippen LogP contribution in [-0.2, 0) is 16.0 Å². The van der Waals surface area contributed by atoms with Gasteiger partial charge in [0.2, 0.25) is 0 Å². The van der Waals surface area contributed by atoms with Gasteiger partial charge in [-0.25, -0.2) is 9.59 Å². The molecule has 4 heteroatoms. The molecule has 0 amide bonds. The number of carbonyl (C=O) groups is 2. The highest BCUT2D eigenvalue weighted by molar-refractivity contribution is 6.02. The van der Waals surface area contributed by atoms with Crippen molar-refractivity contribution in [3.63, 3.8) is 0 Å². The van der Waals surface area contributed by atoms with Gasteiger partial charge in [-0.05, 0) is 42.6 Å². The van der Waals surface area contributed by atoms with Crippen molar-refractivity contribution in [3.8, 4) is 11.5 Å². The van der Waals surface area contributed by atoms with E-state index in [9.17, 15) is 9.59 Å². The van der Waals surface area contributed by atoms with E-state index in [1.54, 1.807) is 0 Å². The topological polar surface area (TPSA) is 52.6 Å². The number of fused-ring (bicyclic) bond motifs is 6. The first kappa shape index (κ1) is 18.5. The van der Waals surface area contributed by atoms with Gasteiger partial charge >= 0.3 is 11.9 Å². The Balaban J connectivity index is 2.10. The maximum Gasteiger partial charge on any atom is 0.335 e. The van der Waals surface area contributed by atoms with E-state index in [1.165, 1.54) is 12.2 Å². The Hall–Kier alpha value is -2.88. The van der Waals surface area contributed by atoms with E-state index in [1.807, 2.05) is 18.2 Å². The molecule has 0 radical (unpaired) electrons. The van der Waals surface area contributed by atoms with Gasteiger partial charge in [-0.1, -0.05) is 45.2 Å². The molecular formula is C24H24O4. The summed E-state index contributed by atoms with van der Waals surface area (Å²) in [7, 11) is 0. The number of hydrogen-bond acceptors (Lipinski definition) is 4. The van der Waals surface area contributed by atoms with Crippen molar-refractivity contribution in [1.29, 1.82) is 0 Å². The molecule has 2 aliphatic carbocycles. The minimum Gasteiger partial charge on any atom is -0.422 e. The third-order valence-electron chi connectivity index (χ3n) is 6.18. The average Bonchev–Trinajstić information content (AvgIpc) is 3.26. The quantitative estimate of drug-likeness (QED) is 0.409. The number of carbonyl (C=O) groups excluding carboxylic acids is 2. The summed E-state index contributed by atoms with van der Waals surface area (Å²) in [5, 5.41) is 1.66. The number of aryl methyl sites for hydroxylation is 1. The Kier molecular flexibility index (Phi) is 4.58. The molecule has 28 heavy (non-hydrogen) atoms. The highest BCUT2D eigenvalue weighted by atomic mass is 16.5. The Morgan fingerprint density at radius 1 is 1.07 bits per heavy atom. The second-order valence-electron chi connectivity index (χ2n) is 7.68. The molecule has 2 aromatic carbocycles. The number of ether oxygens (including phenoxy) is 2. The van der Waals surface area contributed by atoms with Crippen LogP contribution >= 0.6 is 0 Å². The van der Waals surface area contributed by atoms with E-state index in [0.29, 0.717) is 29.3 Å². The molecular weight excluding hydrogens is 352 g/mol. The van der Waals surface area contributed by atoms with Crippen LogP contribution in [0.3, 0.4) is 0 Å². The zero-order chi connectivity index (χ0) is 20.0. The first-order valence-corrected chi connectivity index (χ1v) is 9.79. The Bertz CT molecular complexity index is 1020. The summed E-state index contributed by atoms with van der Waals surface area (Å²) in [6, 6.07) is 5.91. The molecule has 2 aromatic rings. The molecule has 4 nitrogen and oxygen atoms in total. The van der Waals surface area contributed by atoms with Gasteiger partial charge in [-0.2, -0.15) is 0 Å². The molecule has 144 valence electrons. The molecule has 3 unspecified atom stereocenters. The van der Waals surface area contributed by atoms with Gasteiger partial charge in [-0.15, -0.1) is 0 Å². The fraction of sp³-hybridized carbons (Fsp3) is 0.333. The van der Waals surface area contributed by atoms with Gasteiger partial charge in [-0.3, -0.25) is 0 Å². The highest BCUT2D eigenvalue weighted by Crippen LogP contribution is 2.63. The standard InChI is InChI=1S/C24H24O4/c1-5-14-9-8-10-16-20(14)24(28-19(26)7-3)21-15-11-13(4)17(12-15)22(21)23(16)27-18(25)6-2/h6-10,13,15,17H,2-3,5,11-12H2,1,4H3. The highest BCUT2D eigenvalue weighted by Gasteiger charge is 2.47. The first-order valence-electron chi connectivity index (χ1n) is 9.79. The summed E-state index contributed by atoms with van der Waals surface area (Å²) in [6.45, 7) is 11.4. The molecule has 0 aromatic heterocycles. The monoisotopic (exact) mass is 376 g/mol. The Labute approximate surface area is 164 Å². The van der Waals surface area contributed by atoms with Crippen LogP contribution in [0, 0.1) is 5.92 Å². The van der Waals surface area contributed by atoms with E-state index in [-0.39, 0.29) is 0 Å². The van der Waals surface area contributed by atoms with Crippen LogP contribution in [0.4, 0.5) is 0 Å². The van der Waals surface area contributed by atoms with Crippen molar-refractivity contribution in [2.75, 3.05) is 0 Å². The van der Waals surface area contributed by atoms with Crippen LogP contribution in [0.2, 0.25) is 0 Å². The van der Waals surface area contributed by atoms with Gasteiger partial charge in [0, 0.05) is 34.1 Å². The summed E-state index contributed by atoms with van der Waals surface area (Å²) in [6.07, 6.45) is 5.18. The smallest absolute Gasteiger partial charge is 0.335 e. The fourth-order valence-corrected chi connectivity index (χ4v) is 5.04. The van der Waals surface area contributed by atoms with Crippen LogP contribution in [0.15, 0.2) is 43.5 Å². The summed E-state index contributed by atoms with van der Waals surface area (Å²) < 4.78 is 11.6. The molecule has 1 fully saturated rings. The lowest BCUT2D eigenvalue weighted by Crippen LogP contribution is -2.16. The van der Waals surface area contributed by atoms with Gasteiger partial charge in [0.25, 0.3) is 0 Å². The van der Waals surface area contributed by atoms with Gasteiger partial charge in [0.1, 0.15) is 11.5 Å². The van der Waals surface area contributed by atoms with E-state index in [2.05, 4.69) is 27.0 Å². The van der Waals surface area contributed by atoms with Crippen molar-refractivity contribution in [2.24, 2.45) is 5.92 Å². The van der Waals surface area contributed by atoms with Crippen molar-refractivity contribution >= 4 is 22.7 Å². The molecule has 0 spiro atoms. The zero-order valence-corrected chi connectivity index (χ0v) is 16.3. The maximum atomic E-state index is 12.2. The summed E-state index contributed by atoms with van der Waals surface area (Å²) >= 11 is 0. The lowest BCUT2D eigenvalue weighted by atomic mass is 9.81. The minimum absolute atomic E-state index is 0.295. The molecule has 1 saturated carbocycles. The second-order valence-corrected chi connectivity index (χ2v) is 7.68. The summed E-state index contributed by atoms with van der Waals surface area (Å²) in [4.78, 5) is 24.3. The Morgan fingerprint density at radius 3 is 2.39 bits per heavy atom. The van der Waals surface area contributed by atoms with Crippen molar-refractivity contribution in [2.45, 2.75) is 44.9 Å². The lowest BCUT2D eigenvalue weighted by Gasteiger charge is -2.27. The number of esters is 2. The number of benzene rings is 2. The van der Waals surface area contributed by atoms with E-state index >= 15 is 0 Å². The van der Waals surface area contributed by atoms with Crippen LogP contribution in [0.25, 0.3) is 10.8 Å². The largest absolute Gasteiger partial charge is 0.422 e. The minimum atomic E-state index is -0.475. The van der Waals surface area contributed by atoms with E-state index in [0.717, 1.165) is 46.7 Å². The second kappa shape index (κ2) is 6.93. The number of hydrogen-bond donors (Lipinski definition) is 0. The van der Waals surface area contributed by atoms with E-state index < -0.39 is 11.9 Å². The molecule has 2 aliphatic rings. The molecule has 4 rings (SSSR count). The zero-order valence-electron chi connectivity index (χ0n) is 16.3.